The van der Waals surface area contributed by atoms with E-state index in [1.165, 1.54) is 12.8 Å². The first-order chi connectivity index (χ1) is 5.81. The van der Waals surface area contributed by atoms with Gasteiger partial charge in [0.1, 0.15) is 0 Å². The monoisotopic (exact) mass is 168 g/mol. The lowest BCUT2D eigenvalue weighted by Crippen LogP contribution is -2.31. The summed E-state index contributed by atoms with van der Waals surface area (Å²) in [4.78, 5) is 4.24. The lowest BCUT2D eigenvalue weighted by atomic mass is 9.88. The number of amidine groups is 1. The molecule has 2 heterocycles. The molecule has 68 valence electrons. The molecular formula is C9H16N2O. The second-order valence-corrected chi connectivity index (χ2v) is 3.62. The van der Waals surface area contributed by atoms with Crippen molar-refractivity contribution in [3.05, 3.63) is 0 Å². The van der Waals surface area contributed by atoms with Crippen molar-refractivity contribution >= 4 is 5.84 Å². The van der Waals surface area contributed by atoms with Crippen molar-refractivity contribution in [2.45, 2.75) is 38.4 Å². The van der Waals surface area contributed by atoms with E-state index in [4.69, 9.17) is 10.5 Å². The molecule has 12 heavy (non-hydrogen) atoms. The summed E-state index contributed by atoms with van der Waals surface area (Å²) in [7, 11) is 0. The molecule has 2 aliphatic rings. The third kappa shape index (κ3) is 1.22. The van der Waals surface area contributed by atoms with E-state index in [0.29, 0.717) is 18.1 Å². The first-order valence-electron chi connectivity index (χ1n) is 4.76. The van der Waals surface area contributed by atoms with Gasteiger partial charge < -0.3 is 10.5 Å². The van der Waals surface area contributed by atoms with Crippen LogP contribution in [0.2, 0.25) is 0 Å². The van der Waals surface area contributed by atoms with Crippen LogP contribution in [0.4, 0.5) is 0 Å². The second kappa shape index (κ2) is 3.05. The number of aliphatic imine (C=N–C) groups is 1. The summed E-state index contributed by atoms with van der Waals surface area (Å²) in [6.07, 6.45) is 4.35. The molecule has 0 aromatic carbocycles. The second-order valence-electron chi connectivity index (χ2n) is 3.62. The average Bonchev–Trinajstić information content (AvgIpc) is 2.64. The SMILES string of the molecule is CCN=C(N)C1CC2CCC1O2. The summed E-state index contributed by atoms with van der Waals surface area (Å²) in [6.45, 7) is 2.81. The zero-order chi connectivity index (χ0) is 8.55. The first kappa shape index (κ1) is 8.05. The van der Waals surface area contributed by atoms with Gasteiger partial charge in [-0.15, -0.1) is 0 Å². The maximum Gasteiger partial charge on any atom is 0.0995 e. The highest BCUT2D eigenvalue weighted by Crippen LogP contribution is 2.38. The topological polar surface area (TPSA) is 47.6 Å². The molecule has 2 bridgehead atoms. The Bertz CT molecular complexity index is 203. The van der Waals surface area contributed by atoms with Gasteiger partial charge >= 0.3 is 0 Å². The first-order valence-corrected chi connectivity index (χ1v) is 4.76. The molecule has 2 saturated heterocycles. The molecular weight excluding hydrogens is 152 g/mol. The molecule has 3 nitrogen and oxygen atoms in total. The fourth-order valence-electron chi connectivity index (χ4n) is 2.25. The Kier molecular flexibility index (Phi) is 2.05. The quantitative estimate of drug-likeness (QED) is 0.492. The lowest BCUT2D eigenvalue weighted by Gasteiger charge is -2.17. The van der Waals surface area contributed by atoms with Crippen LogP contribution in [0.1, 0.15) is 26.2 Å². The largest absolute Gasteiger partial charge is 0.387 e. The molecule has 0 saturated carbocycles. The summed E-state index contributed by atoms with van der Waals surface area (Å²) in [5.74, 6) is 1.23. The van der Waals surface area contributed by atoms with Gasteiger partial charge in [-0.1, -0.05) is 0 Å². The third-order valence-electron chi connectivity index (χ3n) is 2.83. The predicted molar refractivity (Wildman–Crippen MR) is 48.2 cm³/mol. The summed E-state index contributed by atoms with van der Waals surface area (Å²) < 4.78 is 5.69. The van der Waals surface area contributed by atoms with Crippen LogP contribution in [0.25, 0.3) is 0 Å². The molecule has 3 atom stereocenters. The number of rotatable bonds is 2. The highest BCUT2D eigenvalue weighted by Gasteiger charge is 2.42. The molecule has 0 amide bonds. The van der Waals surface area contributed by atoms with E-state index >= 15 is 0 Å². The van der Waals surface area contributed by atoms with Gasteiger partial charge in [0.2, 0.25) is 0 Å². The minimum Gasteiger partial charge on any atom is -0.387 e. The van der Waals surface area contributed by atoms with E-state index in [0.717, 1.165) is 18.8 Å². The number of nitrogens with two attached hydrogens (primary N) is 1. The van der Waals surface area contributed by atoms with Crippen molar-refractivity contribution in [3.63, 3.8) is 0 Å². The van der Waals surface area contributed by atoms with Crippen molar-refractivity contribution in [3.8, 4) is 0 Å². The Hall–Kier alpha value is -0.570. The molecule has 0 aromatic heterocycles. The van der Waals surface area contributed by atoms with Crippen LogP contribution < -0.4 is 5.73 Å². The van der Waals surface area contributed by atoms with E-state index in [-0.39, 0.29) is 0 Å². The predicted octanol–water partition coefficient (Wildman–Crippen LogP) is 0.931. The number of nitrogens with zero attached hydrogens (tertiary/aromatic N) is 1. The Morgan fingerprint density at radius 3 is 2.92 bits per heavy atom. The van der Waals surface area contributed by atoms with Crippen molar-refractivity contribution in [2.75, 3.05) is 6.54 Å². The van der Waals surface area contributed by atoms with Crippen LogP contribution in [0.5, 0.6) is 0 Å². The lowest BCUT2D eigenvalue weighted by molar-refractivity contribution is 0.0995. The zero-order valence-corrected chi connectivity index (χ0v) is 7.49. The molecule has 0 aromatic rings. The molecule has 2 aliphatic heterocycles. The van der Waals surface area contributed by atoms with Crippen LogP contribution >= 0.6 is 0 Å². The molecule has 3 unspecified atom stereocenters. The van der Waals surface area contributed by atoms with Gasteiger partial charge in [-0.05, 0) is 26.2 Å². The van der Waals surface area contributed by atoms with E-state index in [2.05, 4.69) is 4.99 Å². The number of hydrogen-bond donors (Lipinski definition) is 1. The Labute approximate surface area is 73.0 Å². The van der Waals surface area contributed by atoms with Crippen LogP contribution in [-0.2, 0) is 4.74 Å². The Morgan fingerprint density at radius 2 is 2.42 bits per heavy atom. The molecule has 2 fully saturated rings. The summed E-state index contributed by atoms with van der Waals surface area (Å²) in [5, 5.41) is 0. The minimum atomic E-state index is 0.380. The summed E-state index contributed by atoms with van der Waals surface area (Å²) in [6, 6.07) is 0. The molecule has 2 rings (SSSR count). The molecule has 0 spiro atoms. The van der Waals surface area contributed by atoms with Gasteiger partial charge in [0, 0.05) is 12.5 Å². The maximum absolute atomic E-state index is 5.85. The van der Waals surface area contributed by atoms with Crippen LogP contribution in [0, 0.1) is 5.92 Å². The Balaban J connectivity index is 2.02. The maximum atomic E-state index is 5.85. The van der Waals surface area contributed by atoms with Gasteiger partial charge in [-0.2, -0.15) is 0 Å². The van der Waals surface area contributed by atoms with Gasteiger partial charge in [-0.3, -0.25) is 4.99 Å². The number of hydrogen-bond acceptors (Lipinski definition) is 2. The van der Waals surface area contributed by atoms with Crippen molar-refractivity contribution in [1.82, 2.24) is 0 Å². The highest BCUT2D eigenvalue weighted by molar-refractivity contribution is 5.83. The molecule has 0 aliphatic carbocycles. The number of fused-ring (bicyclic) bond motifs is 2. The van der Waals surface area contributed by atoms with E-state index < -0.39 is 0 Å². The summed E-state index contributed by atoms with van der Waals surface area (Å²) >= 11 is 0. The molecule has 2 N–H and O–H groups in total. The van der Waals surface area contributed by atoms with E-state index in [1.807, 2.05) is 6.92 Å². The third-order valence-corrected chi connectivity index (χ3v) is 2.83. The van der Waals surface area contributed by atoms with Crippen molar-refractivity contribution in [1.29, 1.82) is 0 Å². The zero-order valence-electron chi connectivity index (χ0n) is 7.49. The van der Waals surface area contributed by atoms with Crippen molar-refractivity contribution in [2.24, 2.45) is 16.6 Å². The van der Waals surface area contributed by atoms with Crippen LogP contribution in [0.15, 0.2) is 4.99 Å². The fourth-order valence-corrected chi connectivity index (χ4v) is 2.25. The molecule has 3 heteroatoms. The van der Waals surface area contributed by atoms with Crippen molar-refractivity contribution < 1.29 is 4.74 Å². The van der Waals surface area contributed by atoms with E-state index in [1.54, 1.807) is 0 Å². The van der Waals surface area contributed by atoms with E-state index in [9.17, 15) is 0 Å². The average molecular weight is 168 g/mol. The summed E-state index contributed by atoms with van der Waals surface area (Å²) in [5.41, 5.74) is 5.85. The minimum absolute atomic E-state index is 0.380. The normalized spacial score (nSPS) is 40.8. The van der Waals surface area contributed by atoms with Gasteiger partial charge in [-0.25, -0.2) is 0 Å². The smallest absolute Gasteiger partial charge is 0.0995 e. The molecule has 0 radical (unpaired) electrons. The highest BCUT2D eigenvalue weighted by atomic mass is 16.5. The van der Waals surface area contributed by atoms with Crippen LogP contribution in [0.3, 0.4) is 0 Å². The Morgan fingerprint density at radius 1 is 1.58 bits per heavy atom. The van der Waals surface area contributed by atoms with Gasteiger partial charge in [0.05, 0.1) is 18.0 Å². The fraction of sp³-hybridized carbons (Fsp3) is 0.889. The van der Waals surface area contributed by atoms with Gasteiger partial charge in [0.25, 0.3) is 0 Å². The number of ether oxygens (including phenoxy) is 1. The standard InChI is InChI=1S/C9H16N2O/c1-2-11-9(10)7-5-6-3-4-8(7)12-6/h6-8H,2-5H2,1H3,(H2,10,11). The van der Waals surface area contributed by atoms with Gasteiger partial charge in [0.15, 0.2) is 0 Å². The van der Waals surface area contributed by atoms with Crippen LogP contribution in [-0.4, -0.2) is 24.6 Å².